The SMILES string of the molecule is CC1=NC(C)=C(C(=O)OC2CCC2)C(c2cccc3c(=O)cc(C)oc23)C1C#N. The van der Waals surface area contributed by atoms with Gasteiger partial charge in [-0.3, -0.25) is 9.79 Å². The molecule has 1 aliphatic carbocycles. The number of aliphatic imine (C=N–C) groups is 1. The van der Waals surface area contributed by atoms with E-state index in [0.717, 1.165) is 19.3 Å². The van der Waals surface area contributed by atoms with Crippen LogP contribution in [-0.2, 0) is 9.53 Å². The third-order valence-corrected chi connectivity index (χ3v) is 5.76. The van der Waals surface area contributed by atoms with Crippen molar-refractivity contribution in [2.24, 2.45) is 10.9 Å². The second kappa shape index (κ2) is 7.32. The van der Waals surface area contributed by atoms with E-state index in [9.17, 15) is 14.9 Å². The second-order valence-corrected chi connectivity index (χ2v) is 7.74. The van der Waals surface area contributed by atoms with Gasteiger partial charge in [0.1, 0.15) is 17.4 Å². The van der Waals surface area contributed by atoms with E-state index in [1.807, 2.05) is 6.07 Å². The fraction of sp³-hybridized carbons (Fsp3) is 0.391. The molecule has 29 heavy (non-hydrogen) atoms. The molecular formula is C23H22N2O4. The van der Waals surface area contributed by atoms with E-state index in [1.54, 1.807) is 32.9 Å². The first-order valence-electron chi connectivity index (χ1n) is 9.80. The molecule has 2 aromatic rings. The van der Waals surface area contributed by atoms with Crippen LogP contribution >= 0.6 is 0 Å². The highest BCUT2D eigenvalue weighted by Gasteiger charge is 2.40. The predicted octanol–water partition coefficient (Wildman–Crippen LogP) is 4.17. The minimum Gasteiger partial charge on any atom is -0.461 e. The molecule has 0 N–H and O–H groups in total. The van der Waals surface area contributed by atoms with Gasteiger partial charge in [-0.2, -0.15) is 5.26 Å². The van der Waals surface area contributed by atoms with Gasteiger partial charge in [0.2, 0.25) is 0 Å². The molecule has 2 aliphatic rings. The van der Waals surface area contributed by atoms with E-state index in [4.69, 9.17) is 9.15 Å². The van der Waals surface area contributed by atoms with Gasteiger partial charge in [-0.15, -0.1) is 0 Å². The minimum absolute atomic E-state index is 0.0799. The van der Waals surface area contributed by atoms with Crippen molar-refractivity contribution in [3.05, 3.63) is 57.1 Å². The van der Waals surface area contributed by atoms with Crippen LogP contribution in [0.3, 0.4) is 0 Å². The Morgan fingerprint density at radius 1 is 1.28 bits per heavy atom. The zero-order chi connectivity index (χ0) is 20.7. The van der Waals surface area contributed by atoms with Crippen LogP contribution in [0.15, 0.2) is 49.7 Å². The third-order valence-electron chi connectivity index (χ3n) is 5.76. The van der Waals surface area contributed by atoms with Gasteiger partial charge < -0.3 is 9.15 Å². The van der Waals surface area contributed by atoms with Crippen LogP contribution in [0, 0.1) is 24.2 Å². The molecule has 0 spiro atoms. The number of nitrogens with zero attached hydrogens (tertiary/aromatic N) is 2. The van der Waals surface area contributed by atoms with Gasteiger partial charge in [0.15, 0.2) is 5.43 Å². The minimum atomic E-state index is -0.654. The van der Waals surface area contributed by atoms with Crippen LogP contribution in [0.1, 0.15) is 50.4 Å². The van der Waals surface area contributed by atoms with Crippen LogP contribution in [0.2, 0.25) is 0 Å². The summed E-state index contributed by atoms with van der Waals surface area (Å²) in [5.41, 5.74) is 2.41. The van der Waals surface area contributed by atoms with E-state index in [-0.39, 0.29) is 11.5 Å². The third kappa shape index (κ3) is 3.27. The molecule has 1 saturated carbocycles. The molecule has 1 aromatic carbocycles. The molecule has 0 amide bonds. The molecule has 4 rings (SSSR count). The number of esters is 1. The highest BCUT2D eigenvalue weighted by Crippen LogP contribution is 2.42. The lowest BCUT2D eigenvalue weighted by atomic mass is 9.76. The number of benzene rings is 1. The van der Waals surface area contributed by atoms with Crippen LogP contribution in [-0.4, -0.2) is 17.8 Å². The number of nitriles is 1. The summed E-state index contributed by atoms with van der Waals surface area (Å²) in [7, 11) is 0. The molecule has 1 fully saturated rings. The first kappa shape index (κ1) is 19.1. The summed E-state index contributed by atoms with van der Waals surface area (Å²) in [4.78, 5) is 30.0. The number of hydrogen-bond acceptors (Lipinski definition) is 6. The Hall–Kier alpha value is -3.20. The van der Waals surface area contributed by atoms with Crippen LogP contribution in [0.5, 0.6) is 0 Å². The number of rotatable bonds is 3. The lowest BCUT2D eigenvalue weighted by Crippen LogP contribution is -2.33. The Morgan fingerprint density at radius 2 is 2.03 bits per heavy atom. The molecule has 2 atom stereocenters. The van der Waals surface area contributed by atoms with Crippen molar-refractivity contribution in [2.45, 2.75) is 52.1 Å². The molecule has 0 radical (unpaired) electrons. The van der Waals surface area contributed by atoms with E-state index in [2.05, 4.69) is 11.1 Å². The predicted molar refractivity (Wildman–Crippen MR) is 109 cm³/mol. The topological polar surface area (TPSA) is 92.7 Å². The first-order chi connectivity index (χ1) is 13.9. The van der Waals surface area contributed by atoms with E-state index >= 15 is 0 Å². The fourth-order valence-corrected chi connectivity index (χ4v) is 4.07. The maximum atomic E-state index is 13.1. The smallest absolute Gasteiger partial charge is 0.336 e. The van der Waals surface area contributed by atoms with Gasteiger partial charge in [0.05, 0.1) is 22.9 Å². The highest BCUT2D eigenvalue weighted by molar-refractivity contribution is 5.99. The zero-order valence-corrected chi connectivity index (χ0v) is 16.7. The van der Waals surface area contributed by atoms with Crippen molar-refractivity contribution in [2.75, 3.05) is 0 Å². The van der Waals surface area contributed by atoms with Gasteiger partial charge in [-0.05, 0) is 46.1 Å². The van der Waals surface area contributed by atoms with Crippen LogP contribution < -0.4 is 5.43 Å². The lowest BCUT2D eigenvalue weighted by molar-refractivity contribution is -0.148. The van der Waals surface area contributed by atoms with Crippen molar-refractivity contribution in [1.29, 1.82) is 5.26 Å². The van der Waals surface area contributed by atoms with Crippen molar-refractivity contribution in [3.8, 4) is 6.07 Å². The Kier molecular flexibility index (Phi) is 4.83. The molecule has 148 valence electrons. The average molecular weight is 390 g/mol. The first-order valence-corrected chi connectivity index (χ1v) is 9.80. The van der Waals surface area contributed by atoms with Gasteiger partial charge in [-0.1, -0.05) is 12.1 Å². The molecule has 1 aliphatic heterocycles. The van der Waals surface area contributed by atoms with Crippen molar-refractivity contribution < 1.29 is 13.9 Å². The molecule has 6 heteroatoms. The monoisotopic (exact) mass is 390 g/mol. The van der Waals surface area contributed by atoms with Crippen LogP contribution in [0.25, 0.3) is 11.0 Å². The number of fused-ring (bicyclic) bond motifs is 1. The van der Waals surface area contributed by atoms with Gasteiger partial charge in [0, 0.05) is 29.0 Å². The Bertz CT molecular complexity index is 1160. The highest BCUT2D eigenvalue weighted by atomic mass is 16.5. The molecule has 2 unspecified atom stereocenters. The average Bonchev–Trinajstić information content (AvgIpc) is 2.63. The zero-order valence-electron chi connectivity index (χ0n) is 16.7. The summed E-state index contributed by atoms with van der Waals surface area (Å²) in [6, 6.07) is 8.98. The normalized spacial score (nSPS) is 22.1. The number of aryl methyl sites for hydroxylation is 1. The number of para-hydroxylation sites is 1. The number of allylic oxidation sites excluding steroid dienone is 1. The van der Waals surface area contributed by atoms with Crippen molar-refractivity contribution >= 4 is 22.7 Å². The van der Waals surface area contributed by atoms with Gasteiger partial charge in [-0.25, -0.2) is 4.79 Å². The van der Waals surface area contributed by atoms with E-state index in [1.165, 1.54) is 6.07 Å². The summed E-state index contributed by atoms with van der Waals surface area (Å²) < 4.78 is 11.6. The Balaban J connectivity index is 1.92. The van der Waals surface area contributed by atoms with Gasteiger partial charge >= 0.3 is 5.97 Å². The van der Waals surface area contributed by atoms with Gasteiger partial charge in [0.25, 0.3) is 0 Å². The molecular weight excluding hydrogens is 368 g/mol. The maximum Gasteiger partial charge on any atom is 0.336 e. The molecule has 2 heterocycles. The van der Waals surface area contributed by atoms with E-state index in [0.29, 0.717) is 39.3 Å². The lowest BCUT2D eigenvalue weighted by Gasteiger charge is -2.32. The summed E-state index contributed by atoms with van der Waals surface area (Å²) >= 11 is 0. The second-order valence-electron chi connectivity index (χ2n) is 7.74. The van der Waals surface area contributed by atoms with Crippen molar-refractivity contribution in [3.63, 3.8) is 0 Å². The summed E-state index contributed by atoms with van der Waals surface area (Å²) in [5, 5.41) is 10.3. The standard InChI is InChI=1S/C23H22N2O4/c1-12-10-19(26)16-8-5-9-17(22(16)28-12)21-18(11-24)13(2)25-14(3)20(21)23(27)29-15-6-4-7-15/h5,8-10,15,18,21H,4,6-7H2,1-3H3. The molecule has 0 saturated heterocycles. The maximum absolute atomic E-state index is 13.1. The van der Waals surface area contributed by atoms with Crippen molar-refractivity contribution in [1.82, 2.24) is 0 Å². The Labute approximate surface area is 168 Å². The summed E-state index contributed by atoms with van der Waals surface area (Å²) in [6.07, 6.45) is 2.68. The largest absolute Gasteiger partial charge is 0.461 e. The summed E-state index contributed by atoms with van der Waals surface area (Å²) in [6.45, 7) is 5.25. The number of carbonyl (C=O) groups excluding carboxylic acids is 1. The number of carbonyl (C=O) groups is 1. The quantitative estimate of drug-likeness (QED) is 0.734. The molecule has 1 aromatic heterocycles. The molecule has 6 nitrogen and oxygen atoms in total. The fourth-order valence-electron chi connectivity index (χ4n) is 4.07. The Morgan fingerprint density at radius 3 is 2.69 bits per heavy atom. The molecule has 0 bridgehead atoms. The van der Waals surface area contributed by atoms with E-state index < -0.39 is 17.8 Å². The van der Waals surface area contributed by atoms with Crippen LogP contribution in [0.4, 0.5) is 0 Å². The summed E-state index contributed by atoms with van der Waals surface area (Å²) in [5.74, 6) is -1.23. The number of hydrogen-bond donors (Lipinski definition) is 0. The number of ether oxygens (including phenoxy) is 1.